The zero-order chi connectivity index (χ0) is 8.43. The third-order valence-electron chi connectivity index (χ3n) is 1.51. The van der Waals surface area contributed by atoms with Gasteiger partial charge < -0.3 is 0 Å². The monoisotopic (exact) mass is 171 g/mol. The normalized spacial score (nSPS) is 28.9. The van der Waals surface area contributed by atoms with Crippen LogP contribution in [0.3, 0.4) is 0 Å². The molecule has 0 saturated carbocycles. The topological polar surface area (TPSA) is 46.2 Å². The second-order valence-electron chi connectivity index (χ2n) is 2.25. The molecule has 0 aromatic rings. The summed E-state index contributed by atoms with van der Waals surface area (Å²) in [6, 6.07) is 0. The summed E-state index contributed by atoms with van der Waals surface area (Å²) < 4.78 is 0. The quantitative estimate of drug-likeness (QED) is 0.559. The molecule has 1 heterocycles. The van der Waals surface area contributed by atoms with Crippen molar-refractivity contribution in [3.05, 3.63) is 11.6 Å². The predicted octanol–water partition coefficient (Wildman–Crippen LogP) is 1.30. The smallest absolute Gasteiger partial charge is 0.283 e. The van der Waals surface area contributed by atoms with E-state index in [1.807, 2.05) is 6.92 Å². The fourth-order valence-corrected chi connectivity index (χ4v) is 1.81. The molecule has 0 spiro atoms. The van der Waals surface area contributed by atoms with Crippen molar-refractivity contribution in [1.82, 2.24) is 5.32 Å². The van der Waals surface area contributed by atoms with Gasteiger partial charge in [0.05, 0.1) is 0 Å². The predicted molar refractivity (Wildman–Crippen MR) is 44.3 cm³/mol. The summed E-state index contributed by atoms with van der Waals surface area (Å²) in [6.07, 6.45) is 1.74. The fraction of sp³-hybridized carbons (Fsp3) is 0.429. The Kier molecular flexibility index (Phi) is 2.34. The maximum Gasteiger partial charge on any atom is 0.286 e. The van der Waals surface area contributed by atoms with E-state index in [1.54, 1.807) is 13.0 Å². The molecule has 0 bridgehead atoms. The number of hydrogen-bond donors (Lipinski definition) is 1. The van der Waals surface area contributed by atoms with Gasteiger partial charge in [0, 0.05) is 10.8 Å². The number of thioether (sulfide) groups is 1. The van der Waals surface area contributed by atoms with Crippen molar-refractivity contribution in [2.45, 2.75) is 19.1 Å². The summed E-state index contributed by atoms with van der Waals surface area (Å²) in [4.78, 5) is 21.8. The third-order valence-corrected chi connectivity index (χ3v) is 2.43. The van der Waals surface area contributed by atoms with Crippen LogP contribution in [0.5, 0.6) is 0 Å². The molecular formula is C7H9NO2S. The lowest BCUT2D eigenvalue weighted by Crippen LogP contribution is -2.37. The summed E-state index contributed by atoms with van der Waals surface area (Å²) in [7, 11) is 0. The van der Waals surface area contributed by atoms with Crippen LogP contribution in [0, 0.1) is 0 Å². The third kappa shape index (κ3) is 1.63. The van der Waals surface area contributed by atoms with Gasteiger partial charge in [-0.15, -0.1) is 0 Å². The molecule has 0 unspecified atom stereocenters. The Balaban J connectivity index is 2.83. The van der Waals surface area contributed by atoms with Crippen LogP contribution in [0.1, 0.15) is 13.8 Å². The summed E-state index contributed by atoms with van der Waals surface area (Å²) in [5.74, 6) is -0.260. The van der Waals surface area contributed by atoms with Crippen LogP contribution >= 0.6 is 11.8 Å². The van der Waals surface area contributed by atoms with Crippen LogP contribution in [0.4, 0.5) is 4.79 Å². The zero-order valence-corrected chi connectivity index (χ0v) is 7.20. The second kappa shape index (κ2) is 3.09. The molecule has 0 radical (unpaired) electrons. The molecule has 1 fully saturated rings. The number of nitrogens with one attached hydrogen (secondary N) is 1. The molecule has 2 amide bonds. The first-order valence-corrected chi connectivity index (χ1v) is 4.21. The molecule has 0 aromatic carbocycles. The Labute approximate surface area is 69.2 Å². The van der Waals surface area contributed by atoms with Crippen molar-refractivity contribution in [3.8, 4) is 0 Å². The molecule has 4 heteroatoms. The number of amides is 2. The maximum atomic E-state index is 11.0. The molecule has 1 atom stereocenters. The first kappa shape index (κ1) is 8.33. The Morgan fingerprint density at radius 2 is 2.18 bits per heavy atom. The number of imide groups is 1. The lowest BCUT2D eigenvalue weighted by Gasteiger charge is -2.18. The average Bonchev–Trinajstić information content (AvgIpc) is 1.85. The molecule has 1 saturated heterocycles. The van der Waals surface area contributed by atoms with E-state index in [0.717, 1.165) is 11.8 Å². The van der Waals surface area contributed by atoms with E-state index in [-0.39, 0.29) is 16.4 Å². The molecule has 0 aliphatic carbocycles. The standard InChI is InChI=1S/C7H9NO2S/c1-3-5-4(2)11-7(10)8-6(5)9/h3-4H,1-2H3,(H,8,9,10)/b5-3+/t4-/m1/s1. The van der Waals surface area contributed by atoms with Crippen LogP contribution in [-0.2, 0) is 4.79 Å². The average molecular weight is 171 g/mol. The highest BCUT2D eigenvalue weighted by Gasteiger charge is 2.26. The molecule has 60 valence electrons. The Morgan fingerprint density at radius 1 is 1.55 bits per heavy atom. The van der Waals surface area contributed by atoms with Gasteiger partial charge in [0.15, 0.2) is 0 Å². The maximum absolute atomic E-state index is 11.0. The number of carbonyl (C=O) groups excluding carboxylic acids is 2. The van der Waals surface area contributed by atoms with E-state index in [4.69, 9.17) is 0 Å². The van der Waals surface area contributed by atoms with E-state index in [1.165, 1.54) is 0 Å². The van der Waals surface area contributed by atoms with Crippen LogP contribution in [0.25, 0.3) is 0 Å². The van der Waals surface area contributed by atoms with Crippen LogP contribution in [0.15, 0.2) is 11.6 Å². The molecule has 1 aliphatic heterocycles. The van der Waals surface area contributed by atoms with E-state index >= 15 is 0 Å². The van der Waals surface area contributed by atoms with Gasteiger partial charge in [-0.3, -0.25) is 14.9 Å². The molecule has 1 rings (SSSR count). The Bertz CT molecular complexity index is 235. The first-order valence-electron chi connectivity index (χ1n) is 3.33. The highest BCUT2D eigenvalue weighted by atomic mass is 32.2. The SMILES string of the molecule is C/C=C1/C(=O)NC(=O)S[C@@H]1C. The van der Waals surface area contributed by atoms with Crippen LogP contribution < -0.4 is 5.32 Å². The summed E-state index contributed by atoms with van der Waals surface area (Å²) in [5, 5.41) is 1.96. The summed E-state index contributed by atoms with van der Waals surface area (Å²) in [6.45, 7) is 3.64. The number of rotatable bonds is 0. The molecule has 1 aliphatic rings. The fourth-order valence-electron chi connectivity index (χ4n) is 0.969. The number of allylic oxidation sites excluding steroid dienone is 1. The van der Waals surface area contributed by atoms with Crippen molar-refractivity contribution < 1.29 is 9.59 Å². The largest absolute Gasteiger partial charge is 0.286 e. The van der Waals surface area contributed by atoms with Crippen molar-refractivity contribution in [1.29, 1.82) is 0 Å². The second-order valence-corrected chi connectivity index (χ2v) is 3.56. The van der Waals surface area contributed by atoms with Gasteiger partial charge in [-0.05, 0) is 13.8 Å². The van der Waals surface area contributed by atoms with Crippen molar-refractivity contribution >= 4 is 22.9 Å². The van der Waals surface area contributed by atoms with Gasteiger partial charge in [0.2, 0.25) is 0 Å². The minimum atomic E-state index is -0.260. The van der Waals surface area contributed by atoms with Crippen molar-refractivity contribution in [3.63, 3.8) is 0 Å². The van der Waals surface area contributed by atoms with Gasteiger partial charge >= 0.3 is 0 Å². The highest BCUT2D eigenvalue weighted by Crippen LogP contribution is 2.23. The minimum absolute atomic E-state index is 0.0127. The van der Waals surface area contributed by atoms with Crippen LogP contribution in [-0.4, -0.2) is 16.4 Å². The lowest BCUT2D eigenvalue weighted by molar-refractivity contribution is -0.116. The number of carbonyl (C=O) groups is 2. The van der Waals surface area contributed by atoms with Gasteiger partial charge in [-0.1, -0.05) is 17.8 Å². The molecule has 1 N–H and O–H groups in total. The Hall–Kier alpha value is -0.770. The first-order chi connectivity index (χ1) is 5.15. The summed E-state index contributed by atoms with van der Waals surface area (Å²) >= 11 is 1.14. The Morgan fingerprint density at radius 3 is 2.64 bits per heavy atom. The van der Waals surface area contributed by atoms with Gasteiger partial charge in [-0.25, -0.2) is 0 Å². The van der Waals surface area contributed by atoms with Gasteiger partial charge in [-0.2, -0.15) is 0 Å². The van der Waals surface area contributed by atoms with E-state index in [0.29, 0.717) is 5.57 Å². The molecular weight excluding hydrogens is 162 g/mol. The molecule has 3 nitrogen and oxygen atoms in total. The molecule has 11 heavy (non-hydrogen) atoms. The van der Waals surface area contributed by atoms with Crippen molar-refractivity contribution in [2.24, 2.45) is 0 Å². The zero-order valence-electron chi connectivity index (χ0n) is 6.38. The molecule has 0 aromatic heterocycles. The van der Waals surface area contributed by atoms with E-state index < -0.39 is 0 Å². The highest BCUT2D eigenvalue weighted by molar-refractivity contribution is 8.14. The van der Waals surface area contributed by atoms with Gasteiger partial charge in [0.1, 0.15) is 0 Å². The van der Waals surface area contributed by atoms with Crippen LogP contribution in [0.2, 0.25) is 0 Å². The van der Waals surface area contributed by atoms with Gasteiger partial charge in [0.25, 0.3) is 11.1 Å². The lowest BCUT2D eigenvalue weighted by atomic mass is 10.2. The van der Waals surface area contributed by atoms with E-state index in [9.17, 15) is 9.59 Å². The number of hydrogen-bond acceptors (Lipinski definition) is 3. The van der Waals surface area contributed by atoms with Crippen molar-refractivity contribution in [2.75, 3.05) is 0 Å². The minimum Gasteiger partial charge on any atom is -0.283 e. The van der Waals surface area contributed by atoms with E-state index in [2.05, 4.69) is 5.32 Å². The summed E-state index contributed by atoms with van der Waals surface area (Å²) in [5.41, 5.74) is 0.676.